The summed E-state index contributed by atoms with van der Waals surface area (Å²) in [6.45, 7) is 0. The Kier molecular flexibility index (Phi) is 4.28. The predicted molar refractivity (Wildman–Crippen MR) is 58.8 cm³/mol. The Labute approximate surface area is 98.8 Å². The number of rotatable bonds is 2. The van der Waals surface area contributed by atoms with Gasteiger partial charge in [-0.25, -0.2) is 4.79 Å². The number of hydrogen-bond donors (Lipinski definition) is 0. The van der Waals surface area contributed by atoms with E-state index in [0.29, 0.717) is 0 Å². The Morgan fingerprint density at radius 3 is 2.44 bits per heavy atom. The van der Waals surface area contributed by atoms with E-state index >= 15 is 0 Å². The van der Waals surface area contributed by atoms with Gasteiger partial charge in [0.05, 0.1) is 17.7 Å². The molecule has 7 heteroatoms. The first-order valence-electron chi connectivity index (χ1n) is 4.17. The van der Waals surface area contributed by atoms with Crippen molar-refractivity contribution in [3.63, 3.8) is 0 Å². The first-order chi connectivity index (χ1) is 7.52. The maximum atomic E-state index is 11.3. The summed E-state index contributed by atoms with van der Waals surface area (Å²) >= 11 is 5.87. The van der Waals surface area contributed by atoms with Gasteiger partial charge < -0.3 is 9.47 Å². The third-order valence-electron chi connectivity index (χ3n) is 1.99. The van der Waals surface area contributed by atoms with Crippen molar-refractivity contribution < 1.29 is 22.7 Å². The average molecular weight is 265 g/mol. The molecule has 0 radical (unpaired) electrons. The van der Waals surface area contributed by atoms with Crippen LogP contribution in [0.4, 0.5) is 0 Å². The monoisotopic (exact) mass is 264 g/mol. The van der Waals surface area contributed by atoms with Crippen LogP contribution >= 0.6 is 11.6 Å². The lowest BCUT2D eigenvalue weighted by Gasteiger charge is -2.18. The van der Waals surface area contributed by atoms with E-state index in [9.17, 15) is 13.2 Å². The first kappa shape index (κ1) is 13.0. The van der Waals surface area contributed by atoms with E-state index in [0.717, 1.165) is 0 Å². The lowest BCUT2D eigenvalue weighted by Crippen LogP contribution is -2.27. The molecule has 1 unspecified atom stereocenters. The first-order valence-corrected chi connectivity index (χ1v) is 5.63. The van der Waals surface area contributed by atoms with Gasteiger partial charge in [-0.1, -0.05) is 11.6 Å². The number of halogens is 1. The van der Waals surface area contributed by atoms with Crippen molar-refractivity contribution >= 4 is 32.7 Å². The van der Waals surface area contributed by atoms with Crippen molar-refractivity contribution in [3.8, 4) is 0 Å². The molecule has 0 fully saturated rings. The Morgan fingerprint density at radius 2 is 2.00 bits per heavy atom. The number of carbonyl (C=O) groups excluding carboxylic acids is 1. The molecule has 0 N–H and O–H groups in total. The van der Waals surface area contributed by atoms with Crippen molar-refractivity contribution in [2.24, 2.45) is 0 Å². The number of ether oxygens (including phenoxy) is 2. The molecular formula is C9H9ClO5S. The van der Waals surface area contributed by atoms with E-state index in [2.05, 4.69) is 4.74 Å². The Bertz CT molecular complexity index is 492. The van der Waals surface area contributed by atoms with Crippen molar-refractivity contribution in [1.29, 1.82) is 0 Å². The van der Waals surface area contributed by atoms with Gasteiger partial charge in [-0.05, 0) is 12.2 Å². The van der Waals surface area contributed by atoms with Gasteiger partial charge >= 0.3 is 5.97 Å². The van der Waals surface area contributed by atoms with Crippen LogP contribution in [0.5, 0.6) is 0 Å². The van der Waals surface area contributed by atoms with Gasteiger partial charge in [0, 0.05) is 7.11 Å². The van der Waals surface area contributed by atoms with Crippen LogP contribution in [0.25, 0.3) is 0 Å². The average Bonchev–Trinajstić information content (AvgIpc) is 2.27. The molecule has 0 saturated carbocycles. The zero-order valence-electron chi connectivity index (χ0n) is 8.56. The molecule has 5 nitrogen and oxygen atoms in total. The SMILES string of the molecule is COC(=O)C1=C(Cl)C(OC)C(=S(=O)=O)C=C1. The molecule has 0 aromatic carbocycles. The van der Waals surface area contributed by atoms with E-state index in [1.807, 2.05) is 0 Å². The predicted octanol–water partition coefficient (Wildman–Crippen LogP) is 0.289. The van der Waals surface area contributed by atoms with Crippen LogP contribution in [-0.4, -0.2) is 39.6 Å². The lowest BCUT2D eigenvalue weighted by molar-refractivity contribution is -0.135. The van der Waals surface area contributed by atoms with E-state index in [1.165, 1.54) is 26.4 Å². The van der Waals surface area contributed by atoms with E-state index in [1.54, 1.807) is 0 Å². The second kappa shape index (κ2) is 5.29. The number of esters is 1. The fourth-order valence-electron chi connectivity index (χ4n) is 1.24. The molecular weight excluding hydrogens is 256 g/mol. The van der Waals surface area contributed by atoms with Gasteiger partial charge in [0.2, 0.25) is 10.3 Å². The highest BCUT2D eigenvalue weighted by Crippen LogP contribution is 2.24. The van der Waals surface area contributed by atoms with Gasteiger partial charge in [0.1, 0.15) is 11.0 Å². The molecule has 0 bridgehead atoms. The molecule has 1 aliphatic carbocycles. The van der Waals surface area contributed by atoms with Gasteiger partial charge in [0.25, 0.3) is 0 Å². The van der Waals surface area contributed by atoms with Crippen LogP contribution in [0.2, 0.25) is 0 Å². The lowest BCUT2D eigenvalue weighted by atomic mass is 10.0. The minimum absolute atomic E-state index is 0.00366. The van der Waals surface area contributed by atoms with Crippen molar-refractivity contribution in [3.05, 3.63) is 22.8 Å². The molecule has 16 heavy (non-hydrogen) atoms. The summed E-state index contributed by atoms with van der Waals surface area (Å²) in [6.07, 6.45) is 1.59. The van der Waals surface area contributed by atoms with Gasteiger partial charge in [-0.2, -0.15) is 8.42 Å². The molecule has 0 heterocycles. The van der Waals surface area contributed by atoms with Crippen LogP contribution in [0.3, 0.4) is 0 Å². The van der Waals surface area contributed by atoms with Crippen LogP contribution in [0.15, 0.2) is 22.8 Å². The maximum absolute atomic E-state index is 11.3. The van der Waals surface area contributed by atoms with Crippen molar-refractivity contribution in [1.82, 2.24) is 0 Å². The minimum atomic E-state index is -2.45. The second-order valence-electron chi connectivity index (χ2n) is 2.84. The van der Waals surface area contributed by atoms with E-state index < -0.39 is 22.4 Å². The zero-order chi connectivity index (χ0) is 12.3. The molecule has 88 valence electrons. The highest BCUT2D eigenvalue weighted by atomic mass is 35.5. The summed E-state index contributed by atoms with van der Waals surface area (Å²) in [7, 11) is 0.0594. The van der Waals surface area contributed by atoms with Crippen molar-refractivity contribution in [2.75, 3.05) is 14.2 Å². The Hall–Kier alpha value is -1.11. The molecule has 0 spiro atoms. The third kappa shape index (κ3) is 2.34. The molecule has 1 aliphatic rings. The summed E-state index contributed by atoms with van der Waals surface area (Å²) < 4.78 is 31.1. The Balaban J connectivity index is 3.30. The molecule has 1 rings (SSSR count). The fourth-order valence-corrected chi connectivity index (χ4v) is 2.22. The number of hydrogen-bond acceptors (Lipinski definition) is 5. The van der Waals surface area contributed by atoms with Gasteiger partial charge in [-0.15, -0.1) is 0 Å². The van der Waals surface area contributed by atoms with E-state index in [4.69, 9.17) is 16.3 Å². The fraction of sp³-hybridized carbons (Fsp3) is 0.333. The molecule has 1 atom stereocenters. The zero-order valence-corrected chi connectivity index (χ0v) is 10.1. The van der Waals surface area contributed by atoms with Crippen molar-refractivity contribution in [2.45, 2.75) is 6.10 Å². The molecule has 0 aromatic heterocycles. The Morgan fingerprint density at radius 1 is 1.38 bits per heavy atom. The summed E-state index contributed by atoms with van der Waals surface area (Å²) in [5.41, 5.74) is 0.0882. The maximum Gasteiger partial charge on any atom is 0.339 e. The topological polar surface area (TPSA) is 69.7 Å². The minimum Gasteiger partial charge on any atom is -0.465 e. The molecule has 0 saturated heterocycles. The van der Waals surface area contributed by atoms with Crippen LogP contribution in [0.1, 0.15) is 0 Å². The van der Waals surface area contributed by atoms with Crippen LogP contribution in [-0.2, 0) is 24.6 Å². The summed E-state index contributed by atoms with van der Waals surface area (Å²) in [5.74, 6) is -0.640. The van der Waals surface area contributed by atoms with Crippen LogP contribution in [0, 0.1) is 0 Å². The third-order valence-corrected chi connectivity index (χ3v) is 3.13. The summed E-state index contributed by atoms with van der Waals surface area (Å²) in [5, 5.41) is -0.00366. The smallest absolute Gasteiger partial charge is 0.339 e. The van der Waals surface area contributed by atoms with E-state index in [-0.39, 0.29) is 15.5 Å². The standard InChI is InChI=1S/C9H9ClO5S/c1-14-8-6(16(12)13)4-3-5(7(8)10)9(11)15-2/h3-4,8H,1-2H3. The molecule has 0 aliphatic heterocycles. The molecule has 0 aromatic rings. The highest BCUT2D eigenvalue weighted by Gasteiger charge is 2.28. The van der Waals surface area contributed by atoms with Gasteiger partial charge in [0.15, 0.2) is 0 Å². The summed E-state index contributed by atoms with van der Waals surface area (Å²) in [6, 6.07) is 0. The van der Waals surface area contributed by atoms with Gasteiger partial charge in [-0.3, -0.25) is 0 Å². The molecule has 0 amide bonds. The van der Waals surface area contributed by atoms with Crippen LogP contribution < -0.4 is 0 Å². The number of methoxy groups -OCH3 is 2. The highest BCUT2D eigenvalue weighted by molar-refractivity contribution is 7.73. The largest absolute Gasteiger partial charge is 0.465 e. The second-order valence-corrected chi connectivity index (χ2v) is 4.19. The quantitative estimate of drug-likeness (QED) is 0.530. The normalized spacial score (nSPS) is 19.9. The number of carbonyl (C=O) groups is 1. The summed E-state index contributed by atoms with van der Waals surface area (Å²) in [4.78, 5) is 11.3.